The summed E-state index contributed by atoms with van der Waals surface area (Å²) < 4.78 is 41.3. The van der Waals surface area contributed by atoms with Crippen LogP contribution in [-0.4, -0.2) is 14.5 Å². The van der Waals surface area contributed by atoms with Crippen LogP contribution in [0.5, 0.6) is 0 Å². The number of sulfonamides is 1. The molecule has 0 radical (unpaired) electrons. The number of halogens is 1. The molecule has 122 valence electrons. The van der Waals surface area contributed by atoms with Crippen LogP contribution in [-0.2, 0) is 16.4 Å². The second kappa shape index (κ2) is 5.64. The van der Waals surface area contributed by atoms with Crippen molar-refractivity contribution in [2.75, 3.05) is 4.31 Å². The fourth-order valence-electron chi connectivity index (χ4n) is 3.25. The Hall–Kier alpha value is -1.88. The minimum atomic E-state index is -3.67. The predicted molar refractivity (Wildman–Crippen MR) is 89.8 cm³/mol. The Morgan fingerprint density at radius 1 is 1.13 bits per heavy atom. The summed E-state index contributed by atoms with van der Waals surface area (Å²) in [5.74, 6) is -0.331. The van der Waals surface area contributed by atoms with Crippen molar-refractivity contribution in [3.05, 3.63) is 58.9 Å². The highest BCUT2D eigenvalue weighted by Gasteiger charge is 2.34. The molecule has 3 nitrogen and oxygen atoms in total. The zero-order chi connectivity index (χ0) is 16.8. The average molecular weight is 333 g/mol. The highest BCUT2D eigenvalue weighted by molar-refractivity contribution is 7.93. The van der Waals surface area contributed by atoms with Crippen LogP contribution in [0.4, 0.5) is 10.1 Å². The Morgan fingerprint density at radius 3 is 2.57 bits per heavy atom. The topological polar surface area (TPSA) is 37.4 Å². The van der Waals surface area contributed by atoms with E-state index in [0.29, 0.717) is 23.4 Å². The van der Waals surface area contributed by atoms with Crippen molar-refractivity contribution in [1.29, 1.82) is 0 Å². The molecule has 1 unspecified atom stereocenters. The van der Waals surface area contributed by atoms with Gasteiger partial charge in [0.1, 0.15) is 5.82 Å². The van der Waals surface area contributed by atoms with Gasteiger partial charge in [-0.2, -0.15) is 0 Å². The van der Waals surface area contributed by atoms with Gasteiger partial charge in [-0.15, -0.1) is 0 Å². The van der Waals surface area contributed by atoms with Gasteiger partial charge >= 0.3 is 0 Å². The first kappa shape index (κ1) is 16.0. The third-order valence-corrected chi connectivity index (χ3v) is 6.47. The predicted octanol–water partition coefficient (Wildman–Crippen LogP) is 3.97. The maximum Gasteiger partial charge on any atom is 0.264 e. The second-order valence-electron chi connectivity index (χ2n) is 6.23. The number of aryl methyl sites for hydroxylation is 3. The molecule has 23 heavy (non-hydrogen) atoms. The molecule has 1 aliphatic heterocycles. The van der Waals surface area contributed by atoms with E-state index in [2.05, 4.69) is 0 Å². The van der Waals surface area contributed by atoms with Gasteiger partial charge in [-0.05, 0) is 69.0 Å². The summed E-state index contributed by atoms with van der Waals surface area (Å²) in [5.41, 5.74) is 3.09. The summed E-state index contributed by atoms with van der Waals surface area (Å²) in [6, 6.07) is 9.50. The number of fused-ring (bicyclic) bond motifs is 1. The number of hydrogen-bond acceptors (Lipinski definition) is 2. The van der Waals surface area contributed by atoms with E-state index in [0.717, 1.165) is 16.7 Å². The Kier molecular flexibility index (Phi) is 3.92. The van der Waals surface area contributed by atoms with Crippen LogP contribution in [0.15, 0.2) is 41.3 Å². The molecule has 0 amide bonds. The molecule has 1 heterocycles. The highest BCUT2D eigenvalue weighted by atomic mass is 32.2. The minimum absolute atomic E-state index is 0.154. The number of anilines is 1. The van der Waals surface area contributed by atoms with Crippen LogP contribution >= 0.6 is 0 Å². The molecule has 5 heteroatoms. The lowest BCUT2D eigenvalue weighted by Gasteiger charge is -2.36. The van der Waals surface area contributed by atoms with Crippen molar-refractivity contribution in [2.24, 2.45) is 0 Å². The van der Waals surface area contributed by atoms with Crippen LogP contribution in [0.2, 0.25) is 0 Å². The van der Waals surface area contributed by atoms with Crippen LogP contribution in [0.3, 0.4) is 0 Å². The van der Waals surface area contributed by atoms with Gasteiger partial charge in [0.05, 0.1) is 10.6 Å². The molecule has 0 spiro atoms. The Morgan fingerprint density at radius 2 is 1.87 bits per heavy atom. The molecule has 0 N–H and O–H groups in total. The van der Waals surface area contributed by atoms with Crippen molar-refractivity contribution >= 4 is 15.7 Å². The van der Waals surface area contributed by atoms with E-state index in [9.17, 15) is 12.8 Å². The van der Waals surface area contributed by atoms with E-state index >= 15 is 0 Å². The highest BCUT2D eigenvalue weighted by Crippen LogP contribution is 2.36. The molecule has 1 aliphatic rings. The lowest BCUT2D eigenvalue weighted by molar-refractivity contribution is 0.559. The van der Waals surface area contributed by atoms with Crippen LogP contribution < -0.4 is 4.31 Å². The summed E-state index contributed by atoms with van der Waals surface area (Å²) in [4.78, 5) is 0.312. The number of hydrogen-bond donors (Lipinski definition) is 0. The fourth-order valence-corrected chi connectivity index (χ4v) is 5.18. The van der Waals surface area contributed by atoms with Crippen molar-refractivity contribution < 1.29 is 12.8 Å². The summed E-state index contributed by atoms with van der Waals surface area (Å²) >= 11 is 0. The second-order valence-corrected chi connectivity index (χ2v) is 8.01. The van der Waals surface area contributed by atoms with Crippen molar-refractivity contribution in [2.45, 2.75) is 44.6 Å². The largest absolute Gasteiger partial charge is 0.264 e. The zero-order valence-corrected chi connectivity index (χ0v) is 14.3. The van der Waals surface area contributed by atoms with Crippen molar-refractivity contribution in [1.82, 2.24) is 0 Å². The number of rotatable bonds is 2. The summed E-state index contributed by atoms with van der Waals surface area (Å²) in [7, 11) is -3.67. The van der Waals surface area contributed by atoms with Gasteiger partial charge in [-0.1, -0.05) is 17.7 Å². The third kappa shape index (κ3) is 2.74. The first-order valence-corrected chi connectivity index (χ1v) is 9.15. The smallest absolute Gasteiger partial charge is 0.263 e. The van der Waals surface area contributed by atoms with Crippen LogP contribution in [0.25, 0.3) is 0 Å². The Labute approximate surface area is 136 Å². The van der Waals surface area contributed by atoms with Gasteiger partial charge in [-0.25, -0.2) is 12.8 Å². The molecule has 0 bridgehead atoms. The molecule has 3 rings (SSSR count). The minimum Gasteiger partial charge on any atom is -0.263 e. The van der Waals surface area contributed by atoms with Crippen molar-refractivity contribution in [3.8, 4) is 0 Å². The van der Waals surface area contributed by atoms with E-state index in [-0.39, 0.29) is 11.9 Å². The molecule has 1 atom stereocenters. The van der Waals surface area contributed by atoms with Crippen LogP contribution in [0, 0.1) is 19.7 Å². The zero-order valence-electron chi connectivity index (χ0n) is 13.5. The molecule has 2 aromatic rings. The first-order valence-electron chi connectivity index (χ1n) is 7.71. The molecular formula is C18H20FNO2S. The Balaban J connectivity index is 2.16. The van der Waals surface area contributed by atoms with E-state index in [4.69, 9.17) is 0 Å². The molecule has 0 saturated heterocycles. The molecule has 0 saturated carbocycles. The van der Waals surface area contributed by atoms with Gasteiger partial charge in [0, 0.05) is 6.04 Å². The normalized spacial score (nSPS) is 17.9. The van der Waals surface area contributed by atoms with E-state index in [1.165, 1.54) is 16.4 Å². The lowest BCUT2D eigenvalue weighted by Crippen LogP contribution is -2.42. The molecule has 0 aromatic heterocycles. The van der Waals surface area contributed by atoms with Crippen molar-refractivity contribution in [3.63, 3.8) is 0 Å². The third-order valence-electron chi connectivity index (χ3n) is 4.38. The summed E-state index contributed by atoms with van der Waals surface area (Å²) in [6.45, 7) is 5.64. The summed E-state index contributed by atoms with van der Waals surface area (Å²) in [5, 5.41) is 0. The van der Waals surface area contributed by atoms with Gasteiger partial charge in [-0.3, -0.25) is 4.31 Å². The number of nitrogens with zero attached hydrogens (tertiary/aromatic N) is 1. The van der Waals surface area contributed by atoms with Gasteiger partial charge < -0.3 is 0 Å². The van der Waals surface area contributed by atoms with Gasteiger partial charge in [0.15, 0.2) is 0 Å². The first-order chi connectivity index (χ1) is 10.8. The maximum atomic E-state index is 13.5. The fraction of sp³-hybridized carbons (Fsp3) is 0.333. The lowest BCUT2D eigenvalue weighted by atomic mass is 9.99. The van der Waals surface area contributed by atoms with Gasteiger partial charge in [0.25, 0.3) is 10.0 Å². The van der Waals surface area contributed by atoms with Gasteiger partial charge in [0.2, 0.25) is 0 Å². The number of benzene rings is 2. The monoisotopic (exact) mass is 333 g/mol. The van der Waals surface area contributed by atoms with E-state index < -0.39 is 10.0 Å². The van der Waals surface area contributed by atoms with Crippen LogP contribution in [0.1, 0.15) is 30.0 Å². The molecule has 2 aromatic carbocycles. The standard InChI is InChI=1S/C18H20FNO2S/c1-12-4-9-18(13(2)10-12)23(21,22)20-14(3)5-6-15-11-16(19)7-8-17(15)20/h4,7-11,14H,5-6H2,1-3H3. The average Bonchev–Trinajstić information content (AvgIpc) is 2.46. The molecular weight excluding hydrogens is 313 g/mol. The molecule has 0 fully saturated rings. The summed E-state index contributed by atoms with van der Waals surface area (Å²) in [6.07, 6.45) is 1.37. The SMILES string of the molecule is Cc1ccc(S(=O)(=O)N2c3ccc(F)cc3CCC2C)c(C)c1. The van der Waals surface area contributed by atoms with E-state index in [1.54, 1.807) is 25.1 Å². The Bertz CT molecular complexity index is 861. The van der Waals surface area contributed by atoms with E-state index in [1.807, 2.05) is 19.9 Å². The molecule has 0 aliphatic carbocycles. The quantitative estimate of drug-likeness (QED) is 0.834. The maximum absolute atomic E-state index is 13.5.